The van der Waals surface area contributed by atoms with Crippen molar-refractivity contribution in [2.75, 3.05) is 0 Å². The molecule has 0 saturated heterocycles. The summed E-state index contributed by atoms with van der Waals surface area (Å²) in [5.41, 5.74) is 0.531. The van der Waals surface area contributed by atoms with E-state index in [-0.39, 0.29) is 5.60 Å². The fraction of sp³-hybridized carbons (Fsp3) is 0.625. The maximum Gasteiger partial charge on any atom is 0.194 e. The molecule has 1 aromatic rings. The topological polar surface area (TPSA) is 9.23 Å². The second kappa shape index (κ2) is 8.59. The predicted octanol–water partition coefficient (Wildman–Crippen LogP) is 4.06. The Morgan fingerprint density at radius 3 is 2.05 bits per heavy atom. The molecular weight excluding hydrogens is 293 g/mol. The standard InChI is InChI=1S/C16H25F3OSi/c1-3-16(4-2,20-21)9-7-5-6-8-12-10-13(17)15(19)14(18)11-12/h10-11H,3-9H2,1-2,21H3. The molecule has 0 spiro atoms. The lowest BCUT2D eigenvalue weighted by molar-refractivity contribution is 0.0584. The molecular formula is C16H25F3OSi. The molecule has 0 N–H and O–H groups in total. The van der Waals surface area contributed by atoms with Crippen LogP contribution in [0, 0.1) is 17.5 Å². The monoisotopic (exact) mass is 318 g/mol. The molecule has 0 heterocycles. The van der Waals surface area contributed by atoms with Gasteiger partial charge in [0.2, 0.25) is 0 Å². The minimum atomic E-state index is -1.39. The third-order valence-electron chi connectivity index (χ3n) is 4.36. The fourth-order valence-electron chi connectivity index (χ4n) is 2.70. The van der Waals surface area contributed by atoms with Crippen LogP contribution in [0.15, 0.2) is 12.1 Å². The maximum absolute atomic E-state index is 13.1. The van der Waals surface area contributed by atoms with Gasteiger partial charge in [-0.3, -0.25) is 0 Å². The second-order valence-electron chi connectivity index (χ2n) is 5.53. The largest absolute Gasteiger partial charge is 0.422 e. The molecule has 0 saturated carbocycles. The van der Waals surface area contributed by atoms with Crippen LogP contribution < -0.4 is 0 Å². The summed E-state index contributed by atoms with van der Waals surface area (Å²) in [5, 5.41) is 0. The van der Waals surface area contributed by atoms with Crippen molar-refractivity contribution in [3.05, 3.63) is 35.1 Å². The molecule has 1 rings (SSSR count). The van der Waals surface area contributed by atoms with Gasteiger partial charge in [0.05, 0.1) is 5.60 Å². The highest BCUT2D eigenvalue weighted by Crippen LogP contribution is 2.26. The van der Waals surface area contributed by atoms with Crippen molar-refractivity contribution in [1.29, 1.82) is 0 Å². The van der Waals surface area contributed by atoms with Crippen molar-refractivity contribution in [3.8, 4) is 0 Å². The molecule has 0 amide bonds. The highest BCUT2D eigenvalue weighted by molar-refractivity contribution is 5.98. The van der Waals surface area contributed by atoms with Crippen LogP contribution in [0.3, 0.4) is 0 Å². The molecule has 0 fully saturated rings. The summed E-state index contributed by atoms with van der Waals surface area (Å²) in [7, 11) is 0.743. The summed E-state index contributed by atoms with van der Waals surface area (Å²) in [6.07, 6.45) is 6.48. The average molecular weight is 318 g/mol. The lowest BCUT2D eigenvalue weighted by Crippen LogP contribution is -2.30. The van der Waals surface area contributed by atoms with Gasteiger partial charge < -0.3 is 4.43 Å². The summed E-state index contributed by atoms with van der Waals surface area (Å²) in [4.78, 5) is 0. The molecule has 120 valence electrons. The van der Waals surface area contributed by atoms with Gasteiger partial charge in [0.25, 0.3) is 0 Å². The summed E-state index contributed by atoms with van der Waals surface area (Å²) >= 11 is 0. The SMILES string of the molecule is CCC(CC)(CCCCCc1cc(F)c(F)c(F)c1)O[SiH3]. The number of hydrogen-bond acceptors (Lipinski definition) is 1. The second-order valence-corrected chi connectivity index (χ2v) is 5.94. The van der Waals surface area contributed by atoms with Crippen molar-refractivity contribution in [2.45, 2.75) is 64.4 Å². The van der Waals surface area contributed by atoms with E-state index in [0.717, 1.165) is 61.1 Å². The van der Waals surface area contributed by atoms with E-state index in [1.165, 1.54) is 0 Å². The fourth-order valence-corrected chi connectivity index (χ4v) is 3.48. The minimum absolute atomic E-state index is 0.0142. The Kier molecular flexibility index (Phi) is 7.46. The number of benzene rings is 1. The van der Waals surface area contributed by atoms with Gasteiger partial charge in [-0.15, -0.1) is 0 Å². The van der Waals surface area contributed by atoms with Crippen molar-refractivity contribution >= 4 is 10.5 Å². The lowest BCUT2D eigenvalue weighted by atomic mass is 9.90. The molecule has 1 nitrogen and oxygen atoms in total. The molecule has 0 aliphatic heterocycles. The molecule has 1 aromatic carbocycles. The molecule has 0 aliphatic rings. The molecule has 0 atom stereocenters. The molecule has 0 bridgehead atoms. The number of halogens is 3. The summed E-state index contributed by atoms with van der Waals surface area (Å²) < 4.78 is 44.7. The van der Waals surface area contributed by atoms with E-state index in [1.54, 1.807) is 0 Å². The van der Waals surface area contributed by atoms with Crippen LogP contribution in [-0.2, 0) is 10.8 Å². The Hall–Kier alpha value is -0.813. The quantitative estimate of drug-likeness (QED) is 0.379. The van der Waals surface area contributed by atoms with E-state index in [4.69, 9.17) is 4.43 Å². The predicted molar refractivity (Wildman–Crippen MR) is 82.8 cm³/mol. The van der Waals surface area contributed by atoms with Crippen LogP contribution >= 0.6 is 0 Å². The Balaban J connectivity index is 2.38. The number of hydrogen-bond donors (Lipinski definition) is 0. The molecule has 0 unspecified atom stereocenters. The Morgan fingerprint density at radius 2 is 1.57 bits per heavy atom. The first-order chi connectivity index (χ1) is 9.98. The van der Waals surface area contributed by atoms with Crippen LogP contribution in [0.25, 0.3) is 0 Å². The maximum atomic E-state index is 13.1. The average Bonchev–Trinajstić information content (AvgIpc) is 2.49. The van der Waals surface area contributed by atoms with Gasteiger partial charge >= 0.3 is 0 Å². The summed E-state index contributed by atoms with van der Waals surface area (Å²) in [6, 6.07) is 2.17. The number of aryl methyl sites for hydroxylation is 1. The van der Waals surface area contributed by atoms with Gasteiger partial charge in [-0.1, -0.05) is 26.7 Å². The Bertz CT molecular complexity index is 416. The van der Waals surface area contributed by atoms with Crippen LogP contribution in [0.5, 0.6) is 0 Å². The summed E-state index contributed by atoms with van der Waals surface area (Å²) in [5.74, 6) is -3.60. The molecule has 0 radical (unpaired) electrons. The van der Waals surface area contributed by atoms with Gasteiger partial charge in [-0.2, -0.15) is 0 Å². The summed E-state index contributed by atoms with van der Waals surface area (Å²) in [6.45, 7) is 4.29. The van der Waals surface area contributed by atoms with Gasteiger partial charge in [0.15, 0.2) is 17.5 Å². The van der Waals surface area contributed by atoms with E-state index in [0.29, 0.717) is 12.0 Å². The van der Waals surface area contributed by atoms with E-state index in [2.05, 4.69) is 13.8 Å². The normalized spacial score (nSPS) is 12.0. The van der Waals surface area contributed by atoms with Crippen LogP contribution in [-0.4, -0.2) is 16.1 Å². The van der Waals surface area contributed by atoms with Gasteiger partial charge in [0, 0.05) is 0 Å². The highest BCUT2D eigenvalue weighted by Gasteiger charge is 2.23. The van der Waals surface area contributed by atoms with Gasteiger partial charge in [-0.05, 0) is 49.8 Å². The smallest absolute Gasteiger partial charge is 0.194 e. The van der Waals surface area contributed by atoms with E-state index in [9.17, 15) is 13.2 Å². The van der Waals surface area contributed by atoms with Crippen LogP contribution in [0.1, 0.15) is 57.9 Å². The highest BCUT2D eigenvalue weighted by atomic mass is 28.2. The van der Waals surface area contributed by atoms with E-state index < -0.39 is 17.5 Å². The first-order valence-corrected chi connectivity index (χ1v) is 8.48. The van der Waals surface area contributed by atoms with Gasteiger partial charge in [-0.25, -0.2) is 13.2 Å². The third kappa shape index (κ3) is 5.15. The zero-order chi connectivity index (χ0) is 15.9. The van der Waals surface area contributed by atoms with Gasteiger partial charge in [0.1, 0.15) is 10.5 Å². The zero-order valence-corrected chi connectivity index (χ0v) is 15.1. The third-order valence-corrected chi connectivity index (χ3v) is 5.23. The van der Waals surface area contributed by atoms with Crippen LogP contribution in [0.2, 0.25) is 0 Å². The first kappa shape index (κ1) is 18.2. The number of unbranched alkanes of at least 4 members (excludes halogenated alkanes) is 2. The van der Waals surface area contributed by atoms with Crippen LogP contribution in [0.4, 0.5) is 13.2 Å². The number of rotatable bonds is 9. The van der Waals surface area contributed by atoms with Crippen molar-refractivity contribution in [1.82, 2.24) is 0 Å². The molecule has 0 aromatic heterocycles. The lowest BCUT2D eigenvalue weighted by Gasteiger charge is -2.31. The zero-order valence-electron chi connectivity index (χ0n) is 13.1. The van der Waals surface area contributed by atoms with Crippen molar-refractivity contribution < 1.29 is 17.6 Å². The Labute approximate surface area is 128 Å². The molecule has 21 heavy (non-hydrogen) atoms. The van der Waals surface area contributed by atoms with E-state index >= 15 is 0 Å². The van der Waals surface area contributed by atoms with Crippen molar-refractivity contribution in [3.63, 3.8) is 0 Å². The molecule has 5 heteroatoms. The van der Waals surface area contributed by atoms with Crippen molar-refractivity contribution in [2.24, 2.45) is 0 Å². The molecule has 0 aliphatic carbocycles. The van der Waals surface area contributed by atoms with E-state index in [1.807, 2.05) is 0 Å². The first-order valence-electron chi connectivity index (χ1n) is 7.66. The minimum Gasteiger partial charge on any atom is -0.422 e. The Morgan fingerprint density at radius 1 is 1.00 bits per heavy atom.